The van der Waals surface area contributed by atoms with E-state index >= 15 is 0 Å². The molecule has 0 unspecified atom stereocenters. The van der Waals surface area contributed by atoms with Gasteiger partial charge in [0.1, 0.15) is 18.0 Å². The van der Waals surface area contributed by atoms with E-state index in [-0.39, 0.29) is 12.2 Å². The molecule has 1 aromatic carbocycles. The van der Waals surface area contributed by atoms with Crippen LogP contribution in [0.3, 0.4) is 0 Å². The first-order chi connectivity index (χ1) is 6.59. The average molecular weight is 192 g/mol. The Morgan fingerprint density at radius 1 is 1.29 bits per heavy atom. The van der Waals surface area contributed by atoms with Gasteiger partial charge in [0.2, 0.25) is 0 Å². The summed E-state index contributed by atoms with van der Waals surface area (Å²) in [5, 5.41) is 0. The number of para-hydroxylation sites is 1. The number of carbonyl (C=O) groups is 2. The number of aryl methyl sites for hydroxylation is 1. The number of carbonyl (C=O) groups excluding carboxylic acids is 2. The molecule has 0 saturated carbocycles. The quantitative estimate of drug-likeness (QED) is 0.417. The van der Waals surface area contributed by atoms with Crippen LogP contribution in [-0.2, 0) is 9.59 Å². The Labute approximate surface area is 82.7 Å². The predicted molar refractivity (Wildman–Crippen MR) is 52.1 cm³/mol. The smallest absolute Gasteiger partial charge is 0.318 e. The van der Waals surface area contributed by atoms with E-state index < -0.39 is 5.97 Å². The molecule has 0 aliphatic carbocycles. The van der Waals surface area contributed by atoms with Crippen molar-refractivity contribution < 1.29 is 14.3 Å². The number of Topliss-reactive ketones (excluding diaryl/α,β-unsaturated/α-hetero) is 1. The normalized spacial score (nSPS) is 9.57. The number of esters is 1. The van der Waals surface area contributed by atoms with Gasteiger partial charge in [-0.15, -0.1) is 0 Å². The fourth-order valence-corrected chi connectivity index (χ4v) is 1.03. The number of ketones is 1. The summed E-state index contributed by atoms with van der Waals surface area (Å²) in [6.07, 6.45) is -0.172. The Kier molecular flexibility index (Phi) is 3.40. The van der Waals surface area contributed by atoms with Crippen LogP contribution in [0, 0.1) is 6.92 Å². The molecule has 1 aromatic rings. The maximum atomic E-state index is 11.1. The van der Waals surface area contributed by atoms with E-state index in [0.29, 0.717) is 5.75 Å². The van der Waals surface area contributed by atoms with E-state index in [1.54, 1.807) is 12.1 Å². The van der Waals surface area contributed by atoms with Crippen molar-refractivity contribution in [2.24, 2.45) is 0 Å². The second kappa shape index (κ2) is 4.56. The summed E-state index contributed by atoms with van der Waals surface area (Å²) < 4.78 is 5.00. The van der Waals surface area contributed by atoms with E-state index in [1.807, 2.05) is 19.1 Å². The zero-order valence-electron chi connectivity index (χ0n) is 8.24. The van der Waals surface area contributed by atoms with Crippen molar-refractivity contribution >= 4 is 11.8 Å². The van der Waals surface area contributed by atoms with E-state index in [4.69, 9.17) is 4.74 Å². The van der Waals surface area contributed by atoms with Gasteiger partial charge >= 0.3 is 5.97 Å². The van der Waals surface area contributed by atoms with Crippen LogP contribution < -0.4 is 4.74 Å². The van der Waals surface area contributed by atoms with E-state index in [0.717, 1.165) is 5.56 Å². The fourth-order valence-electron chi connectivity index (χ4n) is 1.03. The lowest BCUT2D eigenvalue weighted by Gasteiger charge is -2.05. The third kappa shape index (κ3) is 3.01. The Hall–Kier alpha value is -1.64. The summed E-state index contributed by atoms with van der Waals surface area (Å²) in [6, 6.07) is 7.19. The Bertz CT molecular complexity index is 355. The van der Waals surface area contributed by atoms with Crippen LogP contribution in [0.15, 0.2) is 24.3 Å². The van der Waals surface area contributed by atoms with E-state index in [2.05, 4.69) is 0 Å². The second-order valence-corrected chi connectivity index (χ2v) is 3.12. The summed E-state index contributed by atoms with van der Waals surface area (Å²) in [5.41, 5.74) is 0.879. The minimum atomic E-state index is -0.508. The van der Waals surface area contributed by atoms with Crippen molar-refractivity contribution in [1.29, 1.82) is 0 Å². The molecule has 0 spiro atoms. The van der Waals surface area contributed by atoms with Crippen LogP contribution in [0.1, 0.15) is 18.9 Å². The first-order valence-corrected chi connectivity index (χ1v) is 4.35. The molecule has 0 bridgehead atoms. The highest BCUT2D eigenvalue weighted by Gasteiger charge is 2.08. The van der Waals surface area contributed by atoms with Gasteiger partial charge in [-0.05, 0) is 25.5 Å². The molecule has 14 heavy (non-hydrogen) atoms. The molecular formula is C11H12O3. The Morgan fingerprint density at radius 2 is 1.93 bits per heavy atom. The van der Waals surface area contributed by atoms with Gasteiger partial charge in [-0.3, -0.25) is 9.59 Å². The highest BCUT2D eigenvalue weighted by atomic mass is 16.5. The molecule has 0 aliphatic rings. The molecule has 0 saturated heterocycles. The van der Waals surface area contributed by atoms with Crippen molar-refractivity contribution in [1.82, 2.24) is 0 Å². The average Bonchev–Trinajstić information content (AvgIpc) is 2.07. The summed E-state index contributed by atoms with van der Waals surface area (Å²) in [5.74, 6) is -0.186. The second-order valence-electron chi connectivity index (χ2n) is 3.12. The zero-order valence-corrected chi connectivity index (χ0v) is 8.24. The number of benzene rings is 1. The van der Waals surface area contributed by atoms with Crippen molar-refractivity contribution in [2.75, 3.05) is 0 Å². The SMILES string of the molecule is CC(=O)CC(=O)Oc1ccccc1C. The molecule has 74 valence electrons. The predicted octanol–water partition coefficient (Wildman–Crippen LogP) is 1.88. The van der Waals surface area contributed by atoms with Crippen molar-refractivity contribution in [3.8, 4) is 5.75 Å². The highest BCUT2D eigenvalue weighted by Crippen LogP contribution is 2.16. The van der Waals surface area contributed by atoms with E-state index in [9.17, 15) is 9.59 Å². The van der Waals surface area contributed by atoms with Gasteiger partial charge in [0.25, 0.3) is 0 Å². The van der Waals surface area contributed by atoms with Gasteiger partial charge in [-0.2, -0.15) is 0 Å². The molecule has 0 N–H and O–H groups in total. The molecule has 0 heterocycles. The molecular weight excluding hydrogens is 180 g/mol. The number of hydrogen-bond acceptors (Lipinski definition) is 3. The zero-order chi connectivity index (χ0) is 10.6. The van der Waals surface area contributed by atoms with Gasteiger partial charge in [0.05, 0.1) is 0 Å². The summed E-state index contributed by atoms with van der Waals surface area (Å²) in [4.78, 5) is 21.8. The van der Waals surface area contributed by atoms with Crippen LogP contribution in [0.25, 0.3) is 0 Å². The van der Waals surface area contributed by atoms with Crippen LogP contribution in [0.2, 0.25) is 0 Å². The van der Waals surface area contributed by atoms with Crippen LogP contribution in [-0.4, -0.2) is 11.8 Å². The maximum absolute atomic E-state index is 11.1. The lowest BCUT2D eigenvalue weighted by molar-refractivity contribution is -0.137. The van der Waals surface area contributed by atoms with Gasteiger partial charge in [-0.1, -0.05) is 18.2 Å². The third-order valence-corrected chi connectivity index (χ3v) is 1.71. The molecule has 0 aliphatic heterocycles. The molecule has 0 aromatic heterocycles. The van der Waals surface area contributed by atoms with Gasteiger partial charge in [0.15, 0.2) is 0 Å². The van der Waals surface area contributed by atoms with Crippen LogP contribution in [0.5, 0.6) is 5.75 Å². The number of ether oxygens (including phenoxy) is 1. The van der Waals surface area contributed by atoms with Gasteiger partial charge in [-0.25, -0.2) is 0 Å². The van der Waals surface area contributed by atoms with Crippen LogP contribution >= 0.6 is 0 Å². The minimum absolute atomic E-state index is 0.172. The standard InChI is InChI=1S/C11H12O3/c1-8-5-3-4-6-10(8)14-11(13)7-9(2)12/h3-6H,7H2,1-2H3. The molecule has 0 amide bonds. The topological polar surface area (TPSA) is 43.4 Å². The number of hydrogen-bond donors (Lipinski definition) is 0. The molecule has 0 radical (unpaired) electrons. The first-order valence-electron chi connectivity index (χ1n) is 4.35. The summed E-state index contributed by atoms with van der Waals surface area (Å²) in [7, 11) is 0. The highest BCUT2D eigenvalue weighted by molar-refractivity contribution is 5.95. The monoisotopic (exact) mass is 192 g/mol. The molecule has 1 rings (SSSR count). The molecule has 3 nitrogen and oxygen atoms in total. The summed E-state index contributed by atoms with van der Waals surface area (Å²) >= 11 is 0. The lowest BCUT2D eigenvalue weighted by Crippen LogP contribution is -2.12. The van der Waals surface area contributed by atoms with Gasteiger partial charge in [0, 0.05) is 0 Å². The number of rotatable bonds is 3. The molecule has 0 fully saturated rings. The van der Waals surface area contributed by atoms with E-state index in [1.165, 1.54) is 6.92 Å². The lowest BCUT2D eigenvalue weighted by atomic mass is 10.2. The first kappa shape index (κ1) is 10.4. The van der Waals surface area contributed by atoms with Crippen molar-refractivity contribution in [3.63, 3.8) is 0 Å². The van der Waals surface area contributed by atoms with Crippen LogP contribution in [0.4, 0.5) is 0 Å². The van der Waals surface area contributed by atoms with Crippen molar-refractivity contribution in [3.05, 3.63) is 29.8 Å². The fraction of sp³-hybridized carbons (Fsp3) is 0.273. The van der Waals surface area contributed by atoms with Gasteiger partial charge < -0.3 is 4.74 Å². The minimum Gasteiger partial charge on any atom is -0.426 e. The molecule has 0 atom stereocenters. The van der Waals surface area contributed by atoms with Crippen molar-refractivity contribution in [2.45, 2.75) is 20.3 Å². The summed E-state index contributed by atoms with van der Waals surface area (Å²) in [6.45, 7) is 3.20. The third-order valence-electron chi connectivity index (χ3n) is 1.71. The Morgan fingerprint density at radius 3 is 2.50 bits per heavy atom. The Balaban J connectivity index is 2.65. The largest absolute Gasteiger partial charge is 0.426 e. The molecule has 3 heteroatoms. The maximum Gasteiger partial charge on any atom is 0.318 e.